The number of aliphatic hydroxyl groups excluding tert-OH is 2. The van der Waals surface area contributed by atoms with Crippen LogP contribution >= 0.6 is 0 Å². The van der Waals surface area contributed by atoms with Crippen LogP contribution in [0.25, 0.3) is 0 Å². The van der Waals surface area contributed by atoms with Crippen molar-refractivity contribution in [2.45, 2.75) is 44.4 Å². The monoisotopic (exact) mass is 176 g/mol. The normalized spacial score (nSPS) is 53.8. The van der Waals surface area contributed by atoms with E-state index in [2.05, 4.69) is 0 Å². The fourth-order valence-corrected chi connectivity index (χ4v) is 1.66. The van der Waals surface area contributed by atoms with E-state index in [1.54, 1.807) is 6.92 Å². The highest BCUT2D eigenvalue weighted by Gasteiger charge is 2.44. The average molecular weight is 176 g/mol. The van der Waals surface area contributed by atoms with Gasteiger partial charge in [0.2, 0.25) is 0 Å². The van der Waals surface area contributed by atoms with Gasteiger partial charge in [-0.25, -0.2) is 0 Å². The molecule has 0 aliphatic carbocycles. The predicted molar refractivity (Wildman–Crippen MR) is 36.9 cm³/mol. The Balaban J connectivity index is 2.05. The summed E-state index contributed by atoms with van der Waals surface area (Å²) in [7, 11) is 0. The number of hydrogen-bond acceptors (Lipinski definition) is 5. The predicted octanol–water partition coefficient (Wildman–Crippen LogP) is -0.827. The second kappa shape index (κ2) is 2.93. The molecule has 2 saturated heterocycles. The van der Waals surface area contributed by atoms with Crippen LogP contribution in [0, 0.1) is 0 Å². The smallest absolute Gasteiger partial charge is 0.269 e. The third-order valence-electron chi connectivity index (χ3n) is 2.20. The van der Waals surface area contributed by atoms with Crippen LogP contribution in [0.3, 0.4) is 0 Å². The Bertz CT molecular complexity index is 173. The molecular formula is C7H12O5. The molecule has 0 bridgehead atoms. The zero-order valence-electron chi connectivity index (χ0n) is 6.71. The van der Waals surface area contributed by atoms with Gasteiger partial charge in [0.15, 0.2) is 6.29 Å². The Labute approximate surface area is 69.8 Å². The molecule has 0 saturated carbocycles. The van der Waals surface area contributed by atoms with Crippen molar-refractivity contribution in [3.8, 4) is 0 Å². The fourth-order valence-electron chi connectivity index (χ4n) is 1.66. The van der Waals surface area contributed by atoms with E-state index >= 15 is 0 Å². The Morgan fingerprint density at radius 3 is 2.67 bits per heavy atom. The van der Waals surface area contributed by atoms with Crippen molar-refractivity contribution in [3.63, 3.8) is 0 Å². The molecule has 2 aliphatic rings. The number of ether oxygens (including phenoxy) is 3. The Kier molecular flexibility index (Phi) is 2.05. The van der Waals surface area contributed by atoms with Crippen LogP contribution in [-0.2, 0) is 14.2 Å². The fraction of sp³-hybridized carbons (Fsp3) is 1.00. The molecule has 0 spiro atoms. The molecular weight excluding hydrogens is 164 g/mol. The summed E-state index contributed by atoms with van der Waals surface area (Å²) in [6, 6.07) is 0. The highest BCUT2D eigenvalue weighted by Crippen LogP contribution is 2.30. The summed E-state index contributed by atoms with van der Waals surface area (Å²) in [4.78, 5) is 0. The van der Waals surface area contributed by atoms with Crippen molar-refractivity contribution >= 4 is 0 Å². The van der Waals surface area contributed by atoms with Gasteiger partial charge in [-0.15, -0.1) is 0 Å². The zero-order valence-corrected chi connectivity index (χ0v) is 6.71. The minimum Gasteiger partial charge on any atom is -0.368 e. The highest BCUT2D eigenvalue weighted by molar-refractivity contribution is 4.85. The number of fused-ring (bicyclic) bond motifs is 1. The molecule has 5 atom stereocenters. The van der Waals surface area contributed by atoms with Gasteiger partial charge < -0.3 is 24.4 Å². The topological polar surface area (TPSA) is 68.2 Å². The van der Waals surface area contributed by atoms with Crippen LogP contribution in [0.15, 0.2) is 0 Å². The van der Waals surface area contributed by atoms with Gasteiger partial charge in [-0.05, 0) is 6.92 Å². The number of aliphatic hydroxyl groups is 2. The minimum atomic E-state index is -1.17. The quantitative estimate of drug-likeness (QED) is 0.504. The maximum Gasteiger partial charge on any atom is 0.269 e. The first-order chi connectivity index (χ1) is 5.66. The first-order valence-electron chi connectivity index (χ1n) is 3.99. The van der Waals surface area contributed by atoms with Gasteiger partial charge in [0, 0.05) is 6.42 Å². The lowest BCUT2D eigenvalue weighted by Crippen LogP contribution is -2.45. The first kappa shape index (κ1) is 8.40. The van der Waals surface area contributed by atoms with Crippen molar-refractivity contribution in [3.05, 3.63) is 0 Å². The molecule has 12 heavy (non-hydrogen) atoms. The maximum absolute atomic E-state index is 9.17. The van der Waals surface area contributed by atoms with E-state index < -0.39 is 12.8 Å². The van der Waals surface area contributed by atoms with Crippen molar-refractivity contribution < 1.29 is 24.4 Å². The molecule has 2 heterocycles. The third kappa shape index (κ3) is 1.34. The van der Waals surface area contributed by atoms with Gasteiger partial charge in [-0.3, -0.25) is 0 Å². The van der Waals surface area contributed by atoms with Gasteiger partial charge in [0.1, 0.15) is 6.10 Å². The molecule has 2 N–H and O–H groups in total. The molecule has 70 valence electrons. The van der Waals surface area contributed by atoms with Crippen LogP contribution in [-0.4, -0.2) is 41.3 Å². The van der Waals surface area contributed by atoms with Crippen LogP contribution in [0.2, 0.25) is 0 Å². The standard InChI is InChI=1S/C7H12O5/c1-3-6-4(2-5(8)10-3)11-7(9)12-6/h3-9H,2H2,1H3/t3-,4+,5+,6-,7?/m0/s1. The summed E-state index contributed by atoms with van der Waals surface area (Å²) in [6.07, 6.45) is -1.21. The van der Waals surface area contributed by atoms with Crippen LogP contribution in [0.5, 0.6) is 0 Å². The molecule has 2 fully saturated rings. The van der Waals surface area contributed by atoms with Crippen molar-refractivity contribution in [2.75, 3.05) is 0 Å². The molecule has 2 aliphatic heterocycles. The van der Waals surface area contributed by atoms with Gasteiger partial charge >= 0.3 is 0 Å². The molecule has 0 amide bonds. The second-order valence-electron chi connectivity index (χ2n) is 3.11. The van der Waals surface area contributed by atoms with Gasteiger partial charge in [0.05, 0.1) is 12.2 Å². The second-order valence-corrected chi connectivity index (χ2v) is 3.11. The molecule has 5 nitrogen and oxygen atoms in total. The Morgan fingerprint density at radius 1 is 1.17 bits per heavy atom. The van der Waals surface area contributed by atoms with Crippen LogP contribution in [0.1, 0.15) is 13.3 Å². The molecule has 1 unspecified atom stereocenters. The summed E-state index contributed by atoms with van der Waals surface area (Å²) in [5, 5.41) is 18.2. The van der Waals surface area contributed by atoms with Gasteiger partial charge in [-0.1, -0.05) is 0 Å². The number of hydrogen-bond donors (Lipinski definition) is 2. The van der Waals surface area contributed by atoms with E-state index in [0.29, 0.717) is 6.42 Å². The van der Waals surface area contributed by atoms with E-state index in [4.69, 9.17) is 19.3 Å². The maximum atomic E-state index is 9.17. The minimum absolute atomic E-state index is 0.240. The summed E-state index contributed by atoms with van der Waals surface area (Å²) in [6.45, 7) is 0.609. The summed E-state index contributed by atoms with van der Waals surface area (Å²) in [5.74, 6) is 0. The number of rotatable bonds is 0. The van der Waals surface area contributed by atoms with E-state index in [1.165, 1.54) is 0 Å². The van der Waals surface area contributed by atoms with E-state index in [-0.39, 0.29) is 18.3 Å². The molecule has 0 aromatic carbocycles. The molecule has 0 aromatic rings. The lowest BCUT2D eigenvalue weighted by atomic mass is 10.0. The van der Waals surface area contributed by atoms with Crippen molar-refractivity contribution in [2.24, 2.45) is 0 Å². The molecule has 5 heteroatoms. The summed E-state index contributed by atoms with van der Waals surface area (Å²) >= 11 is 0. The zero-order chi connectivity index (χ0) is 8.72. The molecule has 2 rings (SSSR count). The third-order valence-corrected chi connectivity index (χ3v) is 2.20. The van der Waals surface area contributed by atoms with Crippen molar-refractivity contribution in [1.29, 1.82) is 0 Å². The van der Waals surface area contributed by atoms with E-state index in [1.807, 2.05) is 0 Å². The first-order valence-corrected chi connectivity index (χ1v) is 3.99. The Hall–Kier alpha value is -0.200. The lowest BCUT2D eigenvalue weighted by Gasteiger charge is -2.31. The highest BCUT2D eigenvalue weighted by atomic mass is 16.8. The summed E-state index contributed by atoms with van der Waals surface area (Å²) in [5.41, 5.74) is 0. The van der Waals surface area contributed by atoms with E-state index in [9.17, 15) is 5.11 Å². The average Bonchev–Trinajstić information content (AvgIpc) is 2.29. The van der Waals surface area contributed by atoms with Crippen LogP contribution < -0.4 is 0 Å². The largest absolute Gasteiger partial charge is 0.368 e. The van der Waals surface area contributed by atoms with E-state index in [0.717, 1.165) is 0 Å². The van der Waals surface area contributed by atoms with Crippen molar-refractivity contribution in [1.82, 2.24) is 0 Å². The van der Waals surface area contributed by atoms with Gasteiger partial charge in [-0.2, -0.15) is 0 Å². The van der Waals surface area contributed by atoms with Crippen LogP contribution in [0.4, 0.5) is 0 Å². The Morgan fingerprint density at radius 2 is 1.92 bits per heavy atom. The van der Waals surface area contributed by atoms with Gasteiger partial charge in [0.25, 0.3) is 6.48 Å². The summed E-state index contributed by atoms with van der Waals surface area (Å²) < 4.78 is 15.1. The molecule has 0 aromatic heterocycles. The lowest BCUT2D eigenvalue weighted by molar-refractivity contribution is -0.217. The SMILES string of the molecule is C[C@@H]1O[C@@H](O)C[C@H]2OC(O)O[C@@H]12. The molecule has 0 radical (unpaired) electrons.